The number of carbonyl (C=O) groups is 3. The van der Waals surface area contributed by atoms with Gasteiger partial charge < -0.3 is 15.1 Å². The van der Waals surface area contributed by atoms with Gasteiger partial charge in [0.1, 0.15) is 6.04 Å². The highest BCUT2D eigenvalue weighted by atomic mass is 16.4. The van der Waals surface area contributed by atoms with E-state index >= 15 is 0 Å². The summed E-state index contributed by atoms with van der Waals surface area (Å²) < 4.78 is 0. The molecule has 6 heteroatoms. The summed E-state index contributed by atoms with van der Waals surface area (Å²) in [7, 11) is 0. The van der Waals surface area contributed by atoms with Crippen molar-refractivity contribution in [2.24, 2.45) is 5.92 Å². The van der Waals surface area contributed by atoms with Crippen molar-refractivity contribution in [2.75, 3.05) is 6.54 Å². The first kappa shape index (κ1) is 11.5. The zero-order valence-corrected chi connectivity index (χ0v) is 8.34. The Bertz CT molecular complexity index is 279. The van der Waals surface area contributed by atoms with Crippen LogP contribution in [-0.4, -0.2) is 45.5 Å². The van der Waals surface area contributed by atoms with Gasteiger partial charge in [-0.05, 0) is 12.8 Å². The first-order valence-corrected chi connectivity index (χ1v) is 4.68. The summed E-state index contributed by atoms with van der Waals surface area (Å²) >= 11 is 0. The molecule has 1 fully saturated rings. The second-order valence-corrected chi connectivity index (χ2v) is 3.58. The molecule has 0 bridgehead atoms. The molecule has 0 aliphatic carbocycles. The van der Waals surface area contributed by atoms with Crippen molar-refractivity contribution in [3.63, 3.8) is 0 Å². The van der Waals surface area contributed by atoms with Gasteiger partial charge in [0.2, 0.25) is 5.91 Å². The molecule has 1 saturated heterocycles. The topological polar surface area (TPSA) is 94.9 Å². The van der Waals surface area contributed by atoms with Crippen molar-refractivity contribution >= 4 is 17.8 Å². The van der Waals surface area contributed by atoms with E-state index in [1.807, 2.05) is 0 Å². The van der Waals surface area contributed by atoms with Crippen LogP contribution in [0.25, 0.3) is 0 Å². The summed E-state index contributed by atoms with van der Waals surface area (Å²) in [6.45, 7) is 1.57. The van der Waals surface area contributed by atoms with Crippen LogP contribution in [0, 0.1) is 5.92 Å². The van der Waals surface area contributed by atoms with E-state index in [1.165, 1.54) is 6.92 Å². The standard InChI is InChI=1S/C9H13NO5/c1-5(11)10-4-2-3-6(8(12)13)7(10)9(14)15/h6-7H,2-4H2,1H3,(H,12,13)(H,14,15). The van der Waals surface area contributed by atoms with Gasteiger partial charge in [0.05, 0.1) is 5.92 Å². The molecule has 0 aromatic heterocycles. The second-order valence-electron chi connectivity index (χ2n) is 3.58. The number of rotatable bonds is 2. The average Bonchev–Trinajstić information content (AvgIpc) is 2.16. The SMILES string of the molecule is CC(=O)N1CCCC(C(=O)O)C1C(=O)O. The summed E-state index contributed by atoms with van der Waals surface area (Å²) in [6, 6.07) is -1.23. The Labute approximate surface area is 86.5 Å². The predicted octanol–water partition coefficient (Wildman–Crippen LogP) is -0.217. The van der Waals surface area contributed by atoms with Gasteiger partial charge in [-0.1, -0.05) is 0 Å². The van der Waals surface area contributed by atoms with E-state index in [1.54, 1.807) is 0 Å². The molecule has 1 aliphatic rings. The second kappa shape index (κ2) is 4.29. The Morgan fingerprint density at radius 1 is 1.20 bits per heavy atom. The lowest BCUT2D eigenvalue weighted by Crippen LogP contribution is -2.54. The third-order valence-corrected chi connectivity index (χ3v) is 2.61. The Kier molecular flexibility index (Phi) is 3.28. The van der Waals surface area contributed by atoms with Gasteiger partial charge in [-0.25, -0.2) is 4.79 Å². The van der Waals surface area contributed by atoms with Crippen LogP contribution in [0.2, 0.25) is 0 Å². The minimum atomic E-state index is -1.25. The zero-order valence-electron chi connectivity index (χ0n) is 8.34. The summed E-state index contributed by atoms with van der Waals surface area (Å²) in [4.78, 5) is 34.0. The molecule has 1 rings (SSSR count). The first-order chi connectivity index (χ1) is 6.95. The lowest BCUT2D eigenvalue weighted by molar-refractivity contribution is -0.162. The van der Waals surface area contributed by atoms with Crippen molar-refractivity contribution in [3.05, 3.63) is 0 Å². The highest BCUT2D eigenvalue weighted by Crippen LogP contribution is 2.24. The molecule has 1 heterocycles. The van der Waals surface area contributed by atoms with Crippen molar-refractivity contribution in [1.29, 1.82) is 0 Å². The van der Waals surface area contributed by atoms with E-state index in [2.05, 4.69) is 0 Å². The third kappa shape index (κ3) is 2.26. The van der Waals surface area contributed by atoms with Crippen molar-refractivity contribution in [3.8, 4) is 0 Å². The first-order valence-electron chi connectivity index (χ1n) is 4.68. The Hall–Kier alpha value is -1.59. The maximum Gasteiger partial charge on any atom is 0.327 e. The molecule has 0 aromatic rings. The van der Waals surface area contributed by atoms with Crippen LogP contribution >= 0.6 is 0 Å². The smallest absolute Gasteiger partial charge is 0.327 e. The van der Waals surface area contributed by atoms with E-state index < -0.39 is 29.8 Å². The van der Waals surface area contributed by atoms with Crippen LogP contribution < -0.4 is 0 Å². The van der Waals surface area contributed by atoms with Crippen LogP contribution in [0.1, 0.15) is 19.8 Å². The molecule has 2 N–H and O–H groups in total. The van der Waals surface area contributed by atoms with Crippen molar-refractivity contribution in [2.45, 2.75) is 25.8 Å². The number of nitrogens with zero attached hydrogens (tertiary/aromatic N) is 1. The number of piperidine rings is 1. The number of aliphatic carboxylic acids is 2. The van der Waals surface area contributed by atoms with Gasteiger partial charge in [0.25, 0.3) is 0 Å². The fraction of sp³-hybridized carbons (Fsp3) is 0.667. The quantitative estimate of drug-likeness (QED) is 0.664. The molecule has 0 saturated carbocycles. The molecule has 2 unspecified atom stereocenters. The van der Waals surface area contributed by atoms with Gasteiger partial charge in [0, 0.05) is 13.5 Å². The lowest BCUT2D eigenvalue weighted by Gasteiger charge is -2.36. The number of amides is 1. The van der Waals surface area contributed by atoms with Gasteiger partial charge in [-0.15, -0.1) is 0 Å². The summed E-state index contributed by atoms with van der Waals surface area (Å²) in [5.74, 6) is -3.81. The molecular weight excluding hydrogens is 202 g/mol. The molecule has 84 valence electrons. The van der Waals surface area contributed by atoms with Gasteiger partial charge >= 0.3 is 11.9 Å². The Morgan fingerprint density at radius 2 is 1.80 bits per heavy atom. The fourth-order valence-electron chi connectivity index (χ4n) is 1.91. The molecular formula is C9H13NO5. The van der Waals surface area contributed by atoms with Crippen LogP contribution in [0.5, 0.6) is 0 Å². The predicted molar refractivity (Wildman–Crippen MR) is 49.2 cm³/mol. The molecule has 1 amide bonds. The minimum absolute atomic E-state index is 0.302. The molecule has 2 atom stereocenters. The maximum atomic E-state index is 11.2. The third-order valence-electron chi connectivity index (χ3n) is 2.61. The zero-order chi connectivity index (χ0) is 11.6. The normalized spacial score (nSPS) is 26.1. The molecule has 0 aromatic carbocycles. The van der Waals surface area contributed by atoms with Crippen LogP contribution in [0.3, 0.4) is 0 Å². The summed E-state index contributed by atoms with van der Waals surface area (Å²) in [6.07, 6.45) is 0.830. The van der Waals surface area contributed by atoms with E-state index in [0.717, 1.165) is 4.90 Å². The monoisotopic (exact) mass is 215 g/mol. The molecule has 15 heavy (non-hydrogen) atoms. The van der Waals surface area contributed by atoms with Gasteiger partial charge in [0.15, 0.2) is 0 Å². The number of carboxylic acid groups (broad SMARTS) is 2. The maximum absolute atomic E-state index is 11.2. The highest BCUT2D eigenvalue weighted by Gasteiger charge is 2.41. The minimum Gasteiger partial charge on any atom is -0.481 e. The molecule has 1 aliphatic heterocycles. The number of carbonyl (C=O) groups excluding carboxylic acids is 1. The number of hydrogen-bond acceptors (Lipinski definition) is 3. The summed E-state index contributed by atoms with van der Waals surface area (Å²) in [5.41, 5.74) is 0. The van der Waals surface area contributed by atoms with Crippen LogP contribution in [-0.2, 0) is 14.4 Å². The fourth-order valence-corrected chi connectivity index (χ4v) is 1.91. The average molecular weight is 215 g/mol. The van der Waals surface area contributed by atoms with E-state index in [9.17, 15) is 14.4 Å². The van der Waals surface area contributed by atoms with Gasteiger partial charge in [-0.2, -0.15) is 0 Å². The highest BCUT2D eigenvalue weighted by molar-refractivity contribution is 5.87. The van der Waals surface area contributed by atoms with Crippen molar-refractivity contribution in [1.82, 2.24) is 4.90 Å². The van der Waals surface area contributed by atoms with Crippen LogP contribution in [0.15, 0.2) is 0 Å². The van der Waals surface area contributed by atoms with E-state index in [-0.39, 0.29) is 0 Å². The van der Waals surface area contributed by atoms with E-state index in [0.29, 0.717) is 19.4 Å². The molecule has 6 nitrogen and oxygen atoms in total. The van der Waals surface area contributed by atoms with Gasteiger partial charge in [-0.3, -0.25) is 9.59 Å². The largest absolute Gasteiger partial charge is 0.481 e. The molecule has 0 spiro atoms. The van der Waals surface area contributed by atoms with E-state index in [4.69, 9.17) is 10.2 Å². The Balaban J connectivity index is 2.95. The summed E-state index contributed by atoms with van der Waals surface area (Å²) in [5, 5.41) is 17.8. The van der Waals surface area contributed by atoms with Crippen molar-refractivity contribution < 1.29 is 24.6 Å². The lowest BCUT2D eigenvalue weighted by atomic mass is 9.89. The Morgan fingerprint density at radius 3 is 2.20 bits per heavy atom. The number of carboxylic acids is 2. The number of likely N-dealkylation sites (tertiary alicyclic amines) is 1. The van der Waals surface area contributed by atoms with Crippen LogP contribution in [0.4, 0.5) is 0 Å². The number of hydrogen-bond donors (Lipinski definition) is 2. The molecule has 0 radical (unpaired) electrons.